The van der Waals surface area contributed by atoms with Crippen molar-refractivity contribution in [2.24, 2.45) is 5.92 Å². The smallest absolute Gasteiger partial charge is 0.333 e. The topological polar surface area (TPSA) is 66.4 Å². The van der Waals surface area contributed by atoms with Gasteiger partial charge in [0, 0.05) is 5.92 Å². The molecule has 0 radical (unpaired) electrons. The van der Waals surface area contributed by atoms with Gasteiger partial charge in [-0.3, -0.25) is 4.79 Å². The lowest BCUT2D eigenvalue weighted by Gasteiger charge is -2.28. The summed E-state index contributed by atoms with van der Waals surface area (Å²) in [4.78, 5) is 24.0. The van der Waals surface area contributed by atoms with Crippen LogP contribution in [0.25, 0.3) is 0 Å². The molecule has 0 saturated heterocycles. The van der Waals surface area contributed by atoms with E-state index in [0.717, 1.165) is 12.1 Å². The maximum atomic E-state index is 13.0. The first-order chi connectivity index (χ1) is 10.3. The van der Waals surface area contributed by atoms with E-state index >= 15 is 0 Å². The van der Waals surface area contributed by atoms with Gasteiger partial charge in [-0.05, 0) is 37.5 Å². The van der Waals surface area contributed by atoms with Crippen LogP contribution in [0.2, 0.25) is 0 Å². The predicted octanol–water partition coefficient (Wildman–Crippen LogP) is 3.01. The van der Waals surface area contributed by atoms with E-state index in [0.29, 0.717) is 18.4 Å². The number of hydrogen-bond donors (Lipinski definition) is 2. The molecule has 0 aliphatic rings. The number of carboxylic acid groups (broad SMARTS) is 1. The summed E-state index contributed by atoms with van der Waals surface area (Å²) < 4.78 is 13.0. The van der Waals surface area contributed by atoms with E-state index in [1.165, 1.54) is 19.1 Å². The van der Waals surface area contributed by atoms with E-state index < -0.39 is 29.2 Å². The number of aliphatic carboxylic acids is 1. The molecule has 0 heterocycles. The molecule has 118 valence electrons. The summed E-state index contributed by atoms with van der Waals surface area (Å²) in [5.74, 6) is -2.54. The van der Waals surface area contributed by atoms with Crippen LogP contribution in [0.4, 0.5) is 4.39 Å². The van der Waals surface area contributed by atoms with Crippen molar-refractivity contribution in [3.8, 4) is 0 Å². The average molecular weight is 305 g/mol. The van der Waals surface area contributed by atoms with E-state index in [9.17, 15) is 19.1 Å². The number of carbonyl (C=O) groups is 2. The van der Waals surface area contributed by atoms with Crippen LogP contribution in [0.15, 0.2) is 49.6 Å². The highest BCUT2D eigenvalue weighted by Gasteiger charge is 2.38. The van der Waals surface area contributed by atoms with Crippen LogP contribution in [0.3, 0.4) is 0 Å². The molecule has 22 heavy (non-hydrogen) atoms. The van der Waals surface area contributed by atoms with Gasteiger partial charge in [0.1, 0.15) is 5.82 Å². The molecule has 1 amide bonds. The molecule has 0 spiro atoms. The summed E-state index contributed by atoms with van der Waals surface area (Å²) in [5.41, 5.74) is -1.34. The Labute approximate surface area is 129 Å². The summed E-state index contributed by atoms with van der Waals surface area (Å²) in [6.07, 6.45) is 4.03. The van der Waals surface area contributed by atoms with Crippen molar-refractivity contribution < 1.29 is 19.1 Å². The van der Waals surface area contributed by atoms with Crippen LogP contribution < -0.4 is 5.32 Å². The zero-order valence-electron chi connectivity index (χ0n) is 12.5. The third-order valence-electron chi connectivity index (χ3n) is 3.50. The highest BCUT2D eigenvalue weighted by Crippen LogP contribution is 2.23. The SMILES string of the molecule is C=CCC(CC=C)C(=O)NC(C)(C(=O)O)c1ccc(F)cc1. The normalized spacial score (nSPS) is 13.2. The van der Waals surface area contributed by atoms with Crippen molar-refractivity contribution in [1.29, 1.82) is 0 Å². The van der Waals surface area contributed by atoms with Crippen molar-refractivity contribution in [2.45, 2.75) is 25.3 Å². The predicted molar refractivity (Wildman–Crippen MR) is 82.6 cm³/mol. The zero-order valence-corrected chi connectivity index (χ0v) is 12.5. The second kappa shape index (κ2) is 7.54. The molecule has 0 fully saturated rings. The van der Waals surface area contributed by atoms with Crippen LogP contribution in [0.1, 0.15) is 25.3 Å². The van der Waals surface area contributed by atoms with E-state index in [4.69, 9.17) is 0 Å². The number of carboxylic acids is 1. The fourth-order valence-electron chi connectivity index (χ4n) is 2.09. The molecule has 0 aromatic heterocycles. The Morgan fingerprint density at radius 2 is 1.77 bits per heavy atom. The standard InChI is InChI=1S/C17H20FNO3/c1-4-6-12(7-5-2)15(20)19-17(3,16(21)22)13-8-10-14(18)11-9-13/h4-5,8-12H,1-2,6-7H2,3H3,(H,19,20)(H,21,22). The van der Waals surface area contributed by atoms with Gasteiger partial charge in [0.25, 0.3) is 0 Å². The van der Waals surface area contributed by atoms with Gasteiger partial charge in [0.2, 0.25) is 5.91 Å². The molecule has 0 bridgehead atoms. The van der Waals surface area contributed by atoms with Gasteiger partial charge < -0.3 is 10.4 Å². The Balaban J connectivity index is 3.07. The van der Waals surface area contributed by atoms with Crippen LogP contribution in [0.5, 0.6) is 0 Å². The summed E-state index contributed by atoms with van der Waals surface area (Å²) in [6.45, 7) is 8.56. The summed E-state index contributed by atoms with van der Waals surface area (Å²) >= 11 is 0. The van der Waals surface area contributed by atoms with Crippen LogP contribution in [0, 0.1) is 11.7 Å². The molecular weight excluding hydrogens is 285 g/mol. The number of nitrogens with one attached hydrogen (secondary N) is 1. The first-order valence-corrected chi connectivity index (χ1v) is 6.88. The molecule has 4 nitrogen and oxygen atoms in total. The quantitative estimate of drug-likeness (QED) is 0.726. The summed E-state index contributed by atoms with van der Waals surface area (Å²) in [5, 5.41) is 12.0. The number of hydrogen-bond acceptors (Lipinski definition) is 2. The van der Waals surface area contributed by atoms with E-state index in [-0.39, 0.29) is 0 Å². The number of carbonyl (C=O) groups excluding carboxylic acids is 1. The number of halogens is 1. The Hall–Kier alpha value is -2.43. The van der Waals surface area contributed by atoms with E-state index in [2.05, 4.69) is 18.5 Å². The monoisotopic (exact) mass is 305 g/mol. The molecule has 0 aliphatic carbocycles. The minimum Gasteiger partial charge on any atom is -0.479 e. The lowest BCUT2D eigenvalue weighted by Crippen LogP contribution is -2.51. The fourth-order valence-corrected chi connectivity index (χ4v) is 2.09. The summed E-state index contributed by atoms with van der Waals surface area (Å²) in [7, 11) is 0. The molecule has 1 unspecified atom stereocenters. The van der Waals surface area contributed by atoms with Crippen molar-refractivity contribution in [3.63, 3.8) is 0 Å². The van der Waals surface area contributed by atoms with Crippen molar-refractivity contribution in [3.05, 3.63) is 61.0 Å². The van der Waals surface area contributed by atoms with Crippen LogP contribution in [-0.4, -0.2) is 17.0 Å². The van der Waals surface area contributed by atoms with E-state index in [1.54, 1.807) is 12.2 Å². The Morgan fingerprint density at radius 3 is 2.18 bits per heavy atom. The van der Waals surface area contributed by atoms with E-state index in [1.807, 2.05) is 0 Å². The molecular formula is C17H20FNO3. The van der Waals surface area contributed by atoms with Gasteiger partial charge in [0.15, 0.2) is 5.54 Å². The Kier molecular flexibility index (Phi) is 6.04. The molecule has 1 aromatic rings. The minimum absolute atomic E-state index is 0.297. The maximum Gasteiger partial charge on any atom is 0.333 e. The lowest BCUT2D eigenvalue weighted by atomic mass is 9.90. The van der Waals surface area contributed by atoms with Gasteiger partial charge in [-0.1, -0.05) is 24.3 Å². The second-order valence-electron chi connectivity index (χ2n) is 5.17. The number of allylic oxidation sites excluding steroid dienone is 2. The number of amides is 1. The molecule has 5 heteroatoms. The average Bonchev–Trinajstić information content (AvgIpc) is 2.47. The first-order valence-electron chi connectivity index (χ1n) is 6.88. The van der Waals surface area contributed by atoms with Crippen LogP contribution in [-0.2, 0) is 15.1 Å². The molecule has 1 aromatic carbocycles. The van der Waals surface area contributed by atoms with Crippen LogP contribution >= 0.6 is 0 Å². The largest absolute Gasteiger partial charge is 0.479 e. The Morgan fingerprint density at radius 1 is 1.27 bits per heavy atom. The van der Waals surface area contributed by atoms with Gasteiger partial charge in [0.05, 0.1) is 0 Å². The second-order valence-corrected chi connectivity index (χ2v) is 5.17. The molecule has 1 rings (SSSR count). The van der Waals surface area contributed by atoms with Gasteiger partial charge in [-0.15, -0.1) is 13.2 Å². The number of rotatable bonds is 8. The Bertz CT molecular complexity index is 558. The highest BCUT2D eigenvalue weighted by molar-refractivity contribution is 5.89. The maximum absolute atomic E-state index is 13.0. The zero-order chi connectivity index (χ0) is 16.8. The first kappa shape index (κ1) is 17.6. The van der Waals surface area contributed by atoms with Gasteiger partial charge in [-0.2, -0.15) is 0 Å². The minimum atomic E-state index is -1.63. The van der Waals surface area contributed by atoms with Gasteiger partial charge in [-0.25, -0.2) is 9.18 Å². The molecule has 0 saturated carbocycles. The fraction of sp³-hybridized carbons (Fsp3) is 0.294. The molecule has 1 atom stereocenters. The third kappa shape index (κ3) is 4.04. The van der Waals surface area contributed by atoms with Crippen molar-refractivity contribution >= 4 is 11.9 Å². The third-order valence-corrected chi connectivity index (χ3v) is 3.50. The van der Waals surface area contributed by atoms with Crippen molar-refractivity contribution in [2.75, 3.05) is 0 Å². The highest BCUT2D eigenvalue weighted by atomic mass is 19.1. The molecule has 2 N–H and O–H groups in total. The molecule has 0 aliphatic heterocycles. The lowest BCUT2D eigenvalue weighted by molar-refractivity contribution is -0.148. The summed E-state index contributed by atoms with van der Waals surface area (Å²) in [6, 6.07) is 5.01. The number of benzene rings is 1. The van der Waals surface area contributed by atoms with Crippen molar-refractivity contribution in [1.82, 2.24) is 5.32 Å². The van der Waals surface area contributed by atoms with Gasteiger partial charge >= 0.3 is 5.97 Å².